The summed E-state index contributed by atoms with van der Waals surface area (Å²) in [5.74, 6) is 2.02. The lowest BCUT2D eigenvalue weighted by Gasteiger charge is -2.57. The van der Waals surface area contributed by atoms with Crippen molar-refractivity contribution >= 4 is 17.3 Å². The largest absolute Gasteiger partial charge is 0.462 e. The minimum atomic E-state index is -0.213. The van der Waals surface area contributed by atoms with Crippen LogP contribution in [0.3, 0.4) is 0 Å². The second-order valence-corrected chi connectivity index (χ2v) is 12.3. The average molecular weight is 476 g/mol. The van der Waals surface area contributed by atoms with E-state index in [2.05, 4.69) is 43.1 Å². The van der Waals surface area contributed by atoms with Gasteiger partial charge in [-0.25, -0.2) is 0 Å². The Morgan fingerprint density at radius 3 is 2.60 bits per heavy atom. The van der Waals surface area contributed by atoms with Crippen LogP contribution in [-0.2, 0) is 14.3 Å². The maximum absolute atomic E-state index is 12.4. The Morgan fingerprint density at radius 2 is 1.86 bits per heavy atom. The topological polar surface area (TPSA) is 56.3 Å². The van der Waals surface area contributed by atoms with E-state index in [4.69, 9.17) is 4.74 Å². The van der Waals surface area contributed by atoms with Crippen molar-refractivity contribution < 1.29 is 14.3 Å². The summed E-state index contributed by atoms with van der Waals surface area (Å²) in [6, 6.07) is 4.28. The summed E-state index contributed by atoms with van der Waals surface area (Å²) in [6.07, 6.45) is 17.1. The first-order valence-corrected chi connectivity index (χ1v) is 13.7. The van der Waals surface area contributed by atoms with Gasteiger partial charge < -0.3 is 4.74 Å². The van der Waals surface area contributed by atoms with E-state index in [0.29, 0.717) is 24.2 Å². The number of allylic oxidation sites excluding steroid dienone is 3. The number of Topliss-reactive ketones (excluding diaryl/α,β-unsaturated/α-hetero) is 1. The van der Waals surface area contributed by atoms with Crippen molar-refractivity contribution in [1.82, 2.24) is 4.98 Å². The number of fused-ring (bicyclic) bond motifs is 5. The number of carbonyl (C=O) groups is 2. The van der Waals surface area contributed by atoms with Crippen molar-refractivity contribution in [2.45, 2.75) is 91.6 Å². The first-order valence-electron chi connectivity index (χ1n) is 13.7. The van der Waals surface area contributed by atoms with E-state index in [-0.39, 0.29) is 41.0 Å². The molecule has 0 radical (unpaired) electrons. The number of rotatable bonds is 6. The molecule has 0 amide bonds. The first kappa shape index (κ1) is 24.5. The lowest BCUT2D eigenvalue weighted by atomic mass is 9.47. The molecule has 1 aromatic heterocycles. The highest BCUT2D eigenvalue weighted by Crippen LogP contribution is 2.66. The number of hydrogen-bond donors (Lipinski definition) is 0. The maximum atomic E-state index is 12.4. The van der Waals surface area contributed by atoms with Gasteiger partial charge in [0.25, 0.3) is 0 Å². The van der Waals surface area contributed by atoms with Gasteiger partial charge in [-0.15, -0.1) is 0 Å². The molecule has 0 unspecified atom stereocenters. The van der Waals surface area contributed by atoms with E-state index in [9.17, 15) is 9.59 Å². The van der Waals surface area contributed by atoms with Crippen LogP contribution in [0.15, 0.2) is 42.3 Å². The van der Waals surface area contributed by atoms with Gasteiger partial charge in [-0.3, -0.25) is 14.6 Å². The minimum absolute atomic E-state index is 0.0219. The number of ketones is 1. The molecule has 0 N–H and O–H groups in total. The molecule has 2 fully saturated rings. The highest BCUT2D eigenvalue weighted by molar-refractivity contribution is 5.84. The average Bonchev–Trinajstić information content (AvgIpc) is 3.20. The summed E-state index contributed by atoms with van der Waals surface area (Å²) in [7, 11) is 0. The second-order valence-electron chi connectivity index (χ2n) is 12.3. The molecule has 0 aliphatic heterocycles. The Labute approximate surface area is 210 Å². The molecule has 6 atom stereocenters. The first-order chi connectivity index (χ1) is 16.7. The molecule has 4 aliphatic rings. The van der Waals surface area contributed by atoms with E-state index in [1.54, 1.807) is 0 Å². The molecular weight excluding hydrogens is 434 g/mol. The Kier molecular flexibility index (Phi) is 6.52. The van der Waals surface area contributed by atoms with Gasteiger partial charge in [-0.05, 0) is 84.3 Å². The summed E-state index contributed by atoms with van der Waals surface area (Å²) >= 11 is 0. The number of ether oxygens (including phenoxy) is 1. The molecule has 0 aromatic carbocycles. The Morgan fingerprint density at radius 1 is 1.06 bits per heavy atom. The summed E-state index contributed by atoms with van der Waals surface area (Å²) in [5.41, 5.74) is 4.79. The number of esters is 1. The molecule has 188 valence electrons. The molecule has 4 nitrogen and oxygen atoms in total. The molecule has 35 heavy (non-hydrogen) atoms. The van der Waals surface area contributed by atoms with E-state index >= 15 is 0 Å². The van der Waals surface area contributed by atoms with E-state index in [1.165, 1.54) is 36.0 Å². The van der Waals surface area contributed by atoms with Gasteiger partial charge in [0, 0.05) is 31.2 Å². The molecular formula is C31H41NO3. The van der Waals surface area contributed by atoms with Crippen LogP contribution in [0.25, 0.3) is 5.57 Å². The van der Waals surface area contributed by atoms with Crippen LogP contribution in [0.4, 0.5) is 0 Å². The van der Waals surface area contributed by atoms with Gasteiger partial charge in [-0.1, -0.05) is 51.5 Å². The van der Waals surface area contributed by atoms with E-state index in [0.717, 1.165) is 25.7 Å². The van der Waals surface area contributed by atoms with Crippen LogP contribution in [0.1, 0.15) is 91.0 Å². The number of nitrogens with zero attached hydrogens (tertiary/aromatic N) is 1. The van der Waals surface area contributed by atoms with Crippen LogP contribution < -0.4 is 0 Å². The molecule has 4 aliphatic carbocycles. The molecule has 5 rings (SSSR count). The molecule has 1 heterocycles. The Balaban J connectivity index is 1.26. The second kappa shape index (κ2) is 9.33. The van der Waals surface area contributed by atoms with Crippen molar-refractivity contribution in [3.63, 3.8) is 0 Å². The maximum Gasteiger partial charge on any atom is 0.306 e. The number of carbonyl (C=O) groups excluding carboxylic acids is 2. The third-order valence-corrected chi connectivity index (χ3v) is 10.1. The lowest BCUT2D eigenvalue weighted by molar-refractivity contribution is -0.152. The van der Waals surface area contributed by atoms with Crippen LogP contribution in [-0.4, -0.2) is 22.8 Å². The van der Waals surface area contributed by atoms with Gasteiger partial charge in [0.15, 0.2) is 0 Å². The zero-order chi connectivity index (χ0) is 24.8. The fourth-order valence-electron chi connectivity index (χ4n) is 8.02. The Bertz CT molecular complexity index is 1040. The SMILES string of the molecule is CC(C)C(=O)CCC(=O)O[C@H]1CC[C@@]2(C)C(=CC[C@@H]3[C@@H]2CC[C@]2(C)C(c4cccnc4)=CC[C@@H]32)C1. The van der Waals surface area contributed by atoms with Gasteiger partial charge in [0.2, 0.25) is 0 Å². The molecule has 0 saturated heterocycles. The van der Waals surface area contributed by atoms with E-state index in [1.807, 2.05) is 26.2 Å². The summed E-state index contributed by atoms with van der Waals surface area (Å²) in [4.78, 5) is 28.7. The summed E-state index contributed by atoms with van der Waals surface area (Å²) in [5, 5.41) is 0. The monoisotopic (exact) mass is 475 g/mol. The summed E-state index contributed by atoms with van der Waals surface area (Å²) in [6.45, 7) is 8.75. The lowest BCUT2D eigenvalue weighted by Crippen LogP contribution is -2.50. The molecule has 0 spiro atoms. The normalized spacial score (nSPS) is 35.9. The molecule has 0 bridgehead atoms. The van der Waals surface area contributed by atoms with Gasteiger partial charge >= 0.3 is 5.97 Å². The third kappa shape index (κ3) is 4.32. The van der Waals surface area contributed by atoms with Gasteiger partial charge in [0.05, 0.1) is 6.42 Å². The highest BCUT2D eigenvalue weighted by Gasteiger charge is 2.57. The van der Waals surface area contributed by atoms with Gasteiger partial charge in [0.1, 0.15) is 11.9 Å². The zero-order valence-corrected chi connectivity index (χ0v) is 21.9. The third-order valence-electron chi connectivity index (χ3n) is 10.1. The predicted molar refractivity (Wildman–Crippen MR) is 138 cm³/mol. The number of aromatic nitrogens is 1. The quantitative estimate of drug-likeness (QED) is 0.330. The smallest absolute Gasteiger partial charge is 0.306 e. The van der Waals surface area contributed by atoms with Crippen LogP contribution in [0.5, 0.6) is 0 Å². The minimum Gasteiger partial charge on any atom is -0.462 e. The van der Waals surface area contributed by atoms with Crippen molar-refractivity contribution in [1.29, 1.82) is 0 Å². The zero-order valence-electron chi connectivity index (χ0n) is 21.9. The van der Waals surface area contributed by atoms with Gasteiger partial charge in [-0.2, -0.15) is 0 Å². The van der Waals surface area contributed by atoms with Crippen molar-refractivity contribution in [3.05, 3.63) is 47.8 Å². The highest BCUT2D eigenvalue weighted by atomic mass is 16.5. The molecule has 1 aromatic rings. The predicted octanol–water partition coefficient (Wildman–Crippen LogP) is 6.95. The van der Waals surface area contributed by atoms with Crippen LogP contribution in [0.2, 0.25) is 0 Å². The Hall–Kier alpha value is -2.23. The molecule has 2 saturated carbocycles. The number of pyridine rings is 1. The fourth-order valence-corrected chi connectivity index (χ4v) is 8.02. The van der Waals surface area contributed by atoms with Crippen molar-refractivity contribution in [2.75, 3.05) is 0 Å². The fraction of sp³-hybridized carbons (Fsp3) is 0.645. The molecule has 4 heteroatoms. The van der Waals surface area contributed by atoms with Crippen molar-refractivity contribution in [3.8, 4) is 0 Å². The van der Waals surface area contributed by atoms with E-state index < -0.39 is 0 Å². The van der Waals surface area contributed by atoms with Crippen LogP contribution in [0, 0.1) is 34.5 Å². The van der Waals surface area contributed by atoms with Crippen LogP contribution >= 0.6 is 0 Å². The standard InChI is InChI=1S/C31H41NO3/c1-20(2)28(33)11-12-29(34)35-23-13-15-30(3)22(18-23)7-8-24-26-10-9-25(21-6-5-17-32-19-21)31(26,4)16-14-27(24)30/h5-7,9,17,19-20,23-24,26-27H,8,10-16,18H2,1-4H3/t23-,24-,26-,27-,30-,31+/m0/s1. The van der Waals surface area contributed by atoms with Crippen molar-refractivity contribution in [2.24, 2.45) is 34.5 Å². The number of hydrogen-bond acceptors (Lipinski definition) is 4. The summed E-state index contributed by atoms with van der Waals surface area (Å²) < 4.78 is 5.85.